The Bertz CT molecular complexity index is 693. The van der Waals surface area contributed by atoms with Gasteiger partial charge < -0.3 is 10.6 Å². The van der Waals surface area contributed by atoms with Crippen molar-refractivity contribution in [3.63, 3.8) is 0 Å². The molecule has 0 aromatic carbocycles. The number of pyridine rings is 1. The molecule has 2 aromatic heterocycles. The van der Waals surface area contributed by atoms with Crippen LogP contribution in [0.1, 0.15) is 38.4 Å². The van der Waals surface area contributed by atoms with E-state index < -0.39 is 0 Å². The summed E-state index contributed by atoms with van der Waals surface area (Å²) in [5.74, 6) is -0.0890. The van der Waals surface area contributed by atoms with Gasteiger partial charge in [-0.25, -0.2) is 9.97 Å². The number of amides is 1. The fraction of sp³-hybridized carbons (Fsp3) is 0.375. The summed E-state index contributed by atoms with van der Waals surface area (Å²) < 4.78 is 0. The van der Waals surface area contributed by atoms with Gasteiger partial charge in [0.15, 0.2) is 0 Å². The summed E-state index contributed by atoms with van der Waals surface area (Å²) in [6.07, 6.45) is 5.88. The summed E-state index contributed by atoms with van der Waals surface area (Å²) in [6, 6.07) is 0. The van der Waals surface area contributed by atoms with E-state index >= 15 is 0 Å². The molecule has 2 aromatic rings. The van der Waals surface area contributed by atoms with E-state index in [4.69, 9.17) is 0 Å². The summed E-state index contributed by atoms with van der Waals surface area (Å²) in [5.41, 5.74) is 5.63. The minimum absolute atomic E-state index is 0.0890. The molecular formula is C16H19N5O. The third-order valence-corrected chi connectivity index (χ3v) is 4.06. The zero-order valence-corrected chi connectivity index (χ0v) is 12.8. The maximum Gasteiger partial charge on any atom is 0.253 e. The summed E-state index contributed by atoms with van der Waals surface area (Å²) in [7, 11) is 0. The van der Waals surface area contributed by atoms with Crippen molar-refractivity contribution in [3.8, 4) is 0 Å². The van der Waals surface area contributed by atoms with Gasteiger partial charge in [0.05, 0.1) is 5.56 Å². The zero-order valence-electron chi connectivity index (χ0n) is 12.8. The lowest BCUT2D eigenvalue weighted by molar-refractivity contribution is 0.0949. The average molecular weight is 297 g/mol. The number of nitrogens with one attached hydrogen (secondary N) is 2. The van der Waals surface area contributed by atoms with Crippen LogP contribution >= 0.6 is 0 Å². The number of hydrogen-bond donors (Lipinski definition) is 2. The van der Waals surface area contributed by atoms with E-state index in [0.717, 1.165) is 47.6 Å². The molecule has 0 saturated heterocycles. The molecule has 1 amide bonds. The summed E-state index contributed by atoms with van der Waals surface area (Å²) in [4.78, 5) is 25.0. The van der Waals surface area contributed by atoms with Crippen LogP contribution in [0.4, 0.5) is 0 Å². The van der Waals surface area contributed by atoms with E-state index in [1.807, 2.05) is 20.0 Å². The molecule has 6 heteroatoms. The fourth-order valence-corrected chi connectivity index (χ4v) is 2.75. The highest BCUT2D eigenvalue weighted by Gasteiger charge is 2.18. The smallest absolute Gasteiger partial charge is 0.253 e. The van der Waals surface area contributed by atoms with E-state index in [0.29, 0.717) is 12.1 Å². The van der Waals surface area contributed by atoms with Crippen LogP contribution in [0.25, 0.3) is 0 Å². The predicted molar refractivity (Wildman–Crippen MR) is 82.3 cm³/mol. The molecule has 1 aliphatic heterocycles. The van der Waals surface area contributed by atoms with Crippen molar-refractivity contribution in [2.75, 3.05) is 6.54 Å². The molecule has 0 saturated carbocycles. The standard InChI is InChI=1S/C16H19N5O/c1-10-14(11(2)21-9-20-10)8-19-16(22)15-7-18-6-12-5-17-4-3-13(12)15/h6-7,9,17H,3-5,8H2,1-2H3,(H,19,22). The van der Waals surface area contributed by atoms with E-state index in [2.05, 4.69) is 25.6 Å². The lowest BCUT2D eigenvalue weighted by atomic mass is 9.98. The number of carbonyl (C=O) groups excluding carboxylic acids is 1. The molecule has 6 nitrogen and oxygen atoms in total. The number of rotatable bonds is 3. The van der Waals surface area contributed by atoms with Crippen LogP contribution in [-0.4, -0.2) is 27.4 Å². The van der Waals surface area contributed by atoms with Gasteiger partial charge in [0.1, 0.15) is 6.33 Å². The van der Waals surface area contributed by atoms with Crippen LogP contribution in [0, 0.1) is 13.8 Å². The van der Waals surface area contributed by atoms with Crippen LogP contribution in [-0.2, 0) is 19.5 Å². The minimum atomic E-state index is -0.0890. The lowest BCUT2D eigenvalue weighted by Gasteiger charge is -2.19. The topological polar surface area (TPSA) is 79.8 Å². The Morgan fingerprint density at radius 1 is 1.27 bits per heavy atom. The number of aryl methyl sites for hydroxylation is 2. The van der Waals surface area contributed by atoms with Crippen molar-refractivity contribution in [1.82, 2.24) is 25.6 Å². The Kier molecular flexibility index (Phi) is 4.11. The molecule has 22 heavy (non-hydrogen) atoms. The van der Waals surface area contributed by atoms with Gasteiger partial charge in [0.2, 0.25) is 0 Å². The monoisotopic (exact) mass is 297 g/mol. The number of carbonyl (C=O) groups is 1. The van der Waals surface area contributed by atoms with Gasteiger partial charge in [-0.3, -0.25) is 9.78 Å². The predicted octanol–water partition coefficient (Wildman–Crippen LogP) is 1.06. The number of aromatic nitrogens is 3. The Balaban J connectivity index is 1.78. The Labute approximate surface area is 129 Å². The van der Waals surface area contributed by atoms with Crippen molar-refractivity contribution < 1.29 is 4.79 Å². The van der Waals surface area contributed by atoms with Crippen molar-refractivity contribution in [2.24, 2.45) is 0 Å². The highest BCUT2D eigenvalue weighted by atomic mass is 16.1. The first-order chi connectivity index (χ1) is 10.7. The van der Waals surface area contributed by atoms with Crippen LogP contribution < -0.4 is 10.6 Å². The van der Waals surface area contributed by atoms with Gasteiger partial charge in [-0.1, -0.05) is 0 Å². The molecule has 0 unspecified atom stereocenters. The molecule has 3 heterocycles. The fourth-order valence-electron chi connectivity index (χ4n) is 2.75. The largest absolute Gasteiger partial charge is 0.348 e. The van der Waals surface area contributed by atoms with Crippen LogP contribution in [0.2, 0.25) is 0 Å². The Hall–Kier alpha value is -2.34. The maximum absolute atomic E-state index is 12.5. The molecule has 0 aliphatic carbocycles. The second-order valence-electron chi connectivity index (χ2n) is 5.46. The first kappa shape index (κ1) is 14.6. The first-order valence-electron chi connectivity index (χ1n) is 7.38. The van der Waals surface area contributed by atoms with Crippen LogP contribution in [0.15, 0.2) is 18.7 Å². The zero-order chi connectivity index (χ0) is 15.5. The third-order valence-electron chi connectivity index (χ3n) is 4.06. The molecule has 0 fully saturated rings. The summed E-state index contributed by atoms with van der Waals surface area (Å²) in [5, 5.41) is 6.26. The molecule has 0 atom stereocenters. The molecule has 3 rings (SSSR count). The highest BCUT2D eigenvalue weighted by molar-refractivity contribution is 5.95. The molecule has 114 valence electrons. The molecule has 1 aliphatic rings. The van der Waals surface area contributed by atoms with Crippen LogP contribution in [0.5, 0.6) is 0 Å². The van der Waals surface area contributed by atoms with Crippen molar-refractivity contribution >= 4 is 5.91 Å². The normalized spacial score (nSPS) is 13.5. The van der Waals surface area contributed by atoms with E-state index in [1.165, 1.54) is 0 Å². The number of nitrogens with zero attached hydrogens (tertiary/aromatic N) is 3. The molecular weight excluding hydrogens is 278 g/mol. The van der Waals surface area contributed by atoms with Gasteiger partial charge in [-0.05, 0) is 37.9 Å². The van der Waals surface area contributed by atoms with Crippen molar-refractivity contribution in [2.45, 2.75) is 33.4 Å². The Morgan fingerprint density at radius 2 is 2.05 bits per heavy atom. The summed E-state index contributed by atoms with van der Waals surface area (Å²) >= 11 is 0. The van der Waals surface area contributed by atoms with Gasteiger partial charge in [0, 0.05) is 42.4 Å². The van der Waals surface area contributed by atoms with Crippen molar-refractivity contribution in [3.05, 3.63) is 52.4 Å². The first-order valence-corrected chi connectivity index (χ1v) is 7.38. The Morgan fingerprint density at radius 3 is 2.82 bits per heavy atom. The second-order valence-corrected chi connectivity index (χ2v) is 5.46. The molecule has 0 radical (unpaired) electrons. The van der Waals surface area contributed by atoms with E-state index in [9.17, 15) is 4.79 Å². The quantitative estimate of drug-likeness (QED) is 0.885. The number of hydrogen-bond acceptors (Lipinski definition) is 5. The third kappa shape index (κ3) is 2.82. The second kappa shape index (κ2) is 6.19. The number of fused-ring (bicyclic) bond motifs is 1. The SMILES string of the molecule is Cc1ncnc(C)c1CNC(=O)c1cncc2c1CCNC2. The van der Waals surface area contributed by atoms with Crippen LogP contribution in [0.3, 0.4) is 0 Å². The minimum Gasteiger partial charge on any atom is -0.348 e. The molecule has 0 bridgehead atoms. The van der Waals surface area contributed by atoms with Gasteiger partial charge in [0.25, 0.3) is 5.91 Å². The van der Waals surface area contributed by atoms with Gasteiger partial charge in [-0.15, -0.1) is 0 Å². The molecule has 2 N–H and O–H groups in total. The van der Waals surface area contributed by atoms with Crippen molar-refractivity contribution in [1.29, 1.82) is 0 Å². The van der Waals surface area contributed by atoms with Gasteiger partial charge in [-0.2, -0.15) is 0 Å². The molecule has 0 spiro atoms. The maximum atomic E-state index is 12.5. The highest BCUT2D eigenvalue weighted by Crippen LogP contribution is 2.17. The summed E-state index contributed by atoms with van der Waals surface area (Å²) in [6.45, 7) is 5.94. The van der Waals surface area contributed by atoms with E-state index in [1.54, 1.807) is 12.5 Å². The average Bonchev–Trinajstić information content (AvgIpc) is 2.53. The van der Waals surface area contributed by atoms with E-state index in [-0.39, 0.29) is 5.91 Å². The van der Waals surface area contributed by atoms with Gasteiger partial charge >= 0.3 is 0 Å². The lowest BCUT2D eigenvalue weighted by Crippen LogP contribution is -2.30.